The lowest BCUT2D eigenvalue weighted by Gasteiger charge is -2.20. The van der Waals surface area contributed by atoms with E-state index in [0.29, 0.717) is 19.3 Å². The third kappa shape index (κ3) is 39.6. The third-order valence-corrected chi connectivity index (χ3v) is 9.36. The summed E-state index contributed by atoms with van der Waals surface area (Å²) in [4.78, 5) is 45.9. The van der Waals surface area contributed by atoms with Crippen molar-refractivity contribution in [2.75, 3.05) is 19.8 Å². The van der Waals surface area contributed by atoms with Gasteiger partial charge in [0.15, 0.2) is 6.10 Å². The Labute approximate surface area is 354 Å². The molecule has 0 spiro atoms. The summed E-state index contributed by atoms with van der Waals surface area (Å²) in [6, 6.07) is -1.55. The number of carbonyl (C=O) groups excluding carboxylic acids is 2. The molecule has 0 heterocycles. The molecule has 0 aromatic heterocycles. The van der Waals surface area contributed by atoms with Crippen LogP contribution in [0.4, 0.5) is 0 Å². The van der Waals surface area contributed by atoms with E-state index < -0.39 is 63.8 Å². The van der Waals surface area contributed by atoms with Gasteiger partial charge in [0.25, 0.3) is 0 Å². The van der Waals surface area contributed by atoms with Gasteiger partial charge in [0.05, 0.1) is 19.3 Å². The summed E-state index contributed by atoms with van der Waals surface area (Å²) in [6.07, 6.45) is 46.7. The van der Waals surface area contributed by atoms with Crippen LogP contribution in [0.15, 0.2) is 97.2 Å². The Bertz CT molecular complexity index is 1380. The molecule has 0 fully saturated rings. The number of esters is 2. The van der Waals surface area contributed by atoms with E-state index in [9.17, 15) is 28.9 Å². The number of aliphatic carboxylic acids is 1. The average molecular weight is 848 g/mol. The molecule has 0 aliphatic heterocycles. The molecular weight excluding hydrogens is 773 g/mol. The van der Waals surface area contributed by atoms with E-state index in [1.165, 1.54) is 19.3 Å². The third-order valence-electron chi connectivity index (χ3n) is 8.41. The van der Waals surface area contributed by atoms with Crippen LogP contribution >= 0.6 is 7.82 Å². The van der Waals surface area contributed by atoms with Crippen LogP contribution < -0.4 is 5.73 Å². The van der Waals surface area contributed by atoms with Gasteiger partial charge in [-0.25, -0.2) is 4.57 Å². The van der Waals surface area contributed by atoms with E-state index in [4.69, 9.17) is 24.8 Å². The minimum atomic E-state index is -4.76. The van der Waals surface area contributed by atoms with Gasteiger partial charge < -0.3 is 30.3 Å². The molecule has 0 bridgehead atoms. The molecule has 0 aromatic rings. The minimum absolute atomic E-state index is 0.0773. The van der Waals surface area contributed by atoms with Crippen molar-refractivity contribution >= 4 is 25.7 Å². The highest BCUT2D eigenvalue weighted by Crippen LogP contribution is 2.43. The summed E-state index contributed by atoms with van der Waals surface area (Å²) in [5.41, 5.74) is 5.32. The van der Waals surface area contributed by atoms with E-state index in [0.717, 1.165) is 70.6 Å². The molecule has 2 unspecified atom stereocenters. The molecule has 13 heteroatoms. The van der Waals surface area contributed by atoms with E-state index in [2.05, 4.69) is 73.1 Å². The quantitative estimate of drug-likeness (QED) is 0.0151. The van der Waals surface area contributed by atoms with Crippen LogP contribution in [0.2, 0.25) is 0 Å². The number of hydrogen-bond donors (Lipinski definition) is 4. The van der Waals surface area contributed by atoms with Crippen LogP contribution in [-0.4, -0.2) is 71.1 Å². The zero-order valence-electron chi connectivity index (χ0n) is 35.7. The summed E-state index contributed by atoms with van der Waals surface area (Å²) in [7, 11) is -4.76. The number of nitrogens with two attached hydrogens (primary N) is 1. The smallest absolute Gasteiger partial charge is 0.472 e. The van der Waals surface area contributed by atoms with Crippen molar-refractivity contribution in [2.24, 2.45) is 5.73 Å². The number of rotatable bonds is 38. The van der Waals surface area contributed by atoms with Gasteiger partial charge in [-0.05, 0) is 77.0 Å². The van der Waals surface area contributed by atoms with Crippen LogP contribution in [0, 0.1) is 0 Å². The molecule has 0 saturated carbocycles. The molecule has 5 N–H and O–H groups in total. The van der Waals surface area contributed by atoms with Gasteiger partial charge in [-0.3, -0.25) is 23.4 Å². The molecule has 0 aromatic carbocycles. The predicted molar refractivity (Wildman–Crippen MR) is 236 cm³/mol. The van der Waals surface area contributed by atoms with Crippen molar-refractivity contribution in [1.29, 1.82) is 0 Å². The first-order chi connectivity index (χ1) is 28.5. The molecule has 0 radical (unpaired) electrons. The van der Waals surface area contributed by atoms with Crippen LogP contribution in [0.1, 0.15) is 136 Å². The second-order valence-corrected chi connectivity index (χ2v) is 15.4. The standard InChI is InChI=1S/C46H74NO11P/c1-3-5-7-8-9-10-11-12-13-14-15-16-17-18-19-22-25-28-32-36-44(49)55-38-42(39-56-59(53,54)57-40-43(47)46(51)52)58-45(50)37-33-29-26-23-20-21-24-27-31-35-41(48)34-30-6-4-2/h6,9-10,12-13,15-16,18-19,24-25,27-28,30-31,35,41-43,48H,3-5,7-8,11,14,17,20-23,26,29,32-34,36-40,47H2,1-2H3,(H,51,52)(H,53,54)/b10-9-,13-12-,16-15-,19-18-,27-24+,28-25-,30-6+,35-31+/t41?,42-,43+/m1/s1. The van der Waals surface area contributed by atoms with Gasteiger partial charge in [0.1, 0.15) is 12.6 Å². The van der Waals surface area contributed by atoms with Crippen molar-refractivity contribution in [3.63, 3.8) is 0 Å². The number of carboxylic acids is 1. The fourth-order valence-electron chi connectivity index (χ4n) is 5.02. The number of aliphatic hydroxyl groups is 1. The number of carbonyl (C=O) groups is 3. The highest BCUT2D eigenvalue weighted by molar-refractivity contribution is 7.47. The lowest BCUT2D eigenvalue weighted by Crippen LogP contribution is -2.34. The molecule has 334 valence electrons. The number of phosphoric ester groups is 1. The highest BCUT2D eigenvalue weighted by atomic mass is 31.2. The van der Waals surface area contributed by atoms with Gasteiger partial charge in [-0.1, -0.05) is 143 Å². The van der Waals surface area contributed by atoms with Crippen LogP contribution in [0.5, 0.6) is 0 Å². The molecule has 59 heavy (non-hydrogen) atoms. The maximum absolute atomic E-state index is 12.6. The zero-order chi connectivity index (χ0) is 43.7. The Kier molecular flexibility index (Phi) is 37.3. The summed E-state index contributed by atoms with van der Waals surface area (Å²) in [5, 5.41) is 18.8. The van der Waals surface area contributed by atoms with Gasteiger partial charge in [-0.2, -0.15) is 0 Å². The molecule has 0 amide bonds. The average Bonchev–Trinajstić information content (AvgIpc) is 3.20. The fourth-order valence-corrected chi connectivity index (χ4v) is 5.80. The number of carboxylic acid groups (broad SMARTS) is 1. The Morgan fingerprint density at radius 1 is 0.627 bits per heavy atom. The minimum Gasteiger partial charge on any atom is -0.480 e. The zero-order valence-corrected chi connectivity index (χ0v) is 36.6. The summed E-state index contributed by atoms with van der Waals surface area (Å²) in [5.74, 6) is -2.56. The maximum Gasteiger partial charge on any atom is 0.472 e. The Morgan fingerprint density at radius 3 is 1.81 bits per heavy atom. The second-order valence-electron chi connectivity index (χ2n) is 13.9. The molecule has 0 saturated heterocycles. The van der Waals surface area contributed by atoms with E-state index in [1.807, 2.05) is 36.5 Å². The van der Waals surface area contributed by atoms with Crippen LogP contribution in [0.3, 0.4) is 0 Å². The topological polar surface area (TPSA) is 192 Å². The van der Waals surface area contributed by atoms with Gasteiger partial charge in [0.2, 0.25) is 0 Å². The number of allylic oxidation sites excluding steroid dienone is 14. The van der Waals surface area contributed by atoms with E-state index >= 15 is 0 Å². The number of aliphatic hydroxyl groups excluding tert-OH is 1. The van der Waals surface area contributed by atoms with Crippen molar-refractivity contribution < 1.29 is 52.6 Å². The predicted octanol–water partition coefficient (Wildman–Crippen LogP) is 10.2. The van der Waals surface area contributed by atoms with E-state index in [-0.39, 0.29) is 12.8 Å². The summed E-state index contributed by atoms with van der Waals surface area (Å²) < 4.78 is 32.5. The van der Waals surface area contributed by atoms with Crippen LogP contribution in [-0.2, 0) is 37.5 Å². The number of phosphoric acid groups is 1. The lowest BCUT2D eigenvalue weighted by molar-refractivity contribution is -0.161. The summed E-state index contributed by atoms with van der Waals surface area (Å²) in [6.45, 7) is 2.43. The second kappa shape index (κ2) is 39.8. The highest BCUT2D eigenvalue weighted by Gasteiger charge is 2.28. The van der Waals surface area contributed by atoms with Crippen LogP contribution in [0.25, 0.3) is 0 Å². The Hall–Kier alpha value is -3.64. The molecule has 0 rings (SSSR count). The van der Waals surface area contributed by atoms with Crippen molar-refractivity contribution in [3.8, 4) is 0 Å². The first kappa shape index (κ1) is 55.4. The van der Waals surface area contributed by atoms with Gasteiger partial charge in [0, 0.05) is 12.8 Å². The Morgan fingerprint density at radius 2 is 1.19 bits per heavy atom. The number of unbranched alkanes of at least 4 members (excludes halogenated alkanes) is 8. The molecule has 12 nitrogen and oxygen atoms in total. The van der Waals surface area contributed by atoms with Gasteiger partial charge >= 0.3 is 25.7 Å². The van der Waals surface area contributed by atoms with Gasteiger partial charge in [-0.15, -0.1) is 0 Å². The van der Waals surface area contributed by atoms with Crippen molar-refractivity contribution in [3.05, 3.63) is 97.2 Å². The SMILES string of the molecule is CC/C=C/CC(O)/C=C/C=C/CCCCCCCC(=O)O[C@H](COC(=O)CC/C=C\C/C=C\C/C=C\C/C=C\C/C=C\CCCCC)COP(=O)(O)OC[C@H](N)C(=O)O. The summed E-state index contributed by atoms with van der Waals surface area (Å²) >= 11 is 0. The fraction of sp³-hybridized carbons (Fsp3) is 0.587. The first-order valence-corrected chi connectivity index (χ1v) is 22.9. The Balaban J connectivity index is 4.58. The van der Waals surface area contributed by atoms with Crippen molar-refractivity contribution in [1.82, 2.24) is 0 Å². The van der Waals surface area contributed by atoms with Crippen molar-refractivity contribution in [2.45, 2.75) is 154 Å². The maximum atomic E-state index is 12.6. The number of ether oxygens (including phenoxy) is 2. The van der Waals surface area contributed by atoms with E-state index in [1.54, 1.807) is 6.08 Å². The molecule has 0 aliphatic carbocycles. The lowest BCUT2D eigenvalue weighted by atomic mass is 10.1. The molecule has 4 atom stereocenters. The monoisotopic (exact) mass is 847 g/mol. The molecule has 0 aliphatic rings. The molecular formula is C46H74NO11P. The largest absolute Gasteiger partial charge is 0.480 e. The normalized spacial score (nSPS) is 15.2. The number of hydrogen-bond acceptors (Lipinski definition) is 10. The first-order valence-electron chi connectivity index (χ1n) is 21.4.